The molecule has 0 rings (SSSR count). The van der Waals surface area contributed by atoms with Crippen molar-refractivity contribution >= 4 is 15.9 Å². The minimum atomic E-state index is 0.421. The van der Waals surface area contributed by atoms with Gasteiger partial charge in [0.2, 0.25) is 0 Å². The molecule has 0 aliphatic rings. The minimum Gasteiger partial charge on any atom is -0.102 e. The van der Waals surface area contributed by atoms with Gasteiger partial charge in [-0.15, -0.1) is 6.58 Å². The summed E-state index contributed by atoms with van der Waals surface area (Å²) in [6.07, 6.45) is 0. The molecule has 1 heteroatoms. The number of halogens is 1. The molecule has 0 fully saturated rings. The lowest BCUT2D eigenvalue weighted by Gasteiger charge is -1.55. The molecule has 0 aromatic heterocycles. The first-order chi connectivity index (χ1) is 2.27. The molecule has 0 amide bonds. The predicted molar refractivity (Wildman–Crippen MR) is 24.0 cm³/mol. The monoisotopic (exact) mass is 121 g/mol. The van der Waals surface area contributed by atoms with Crippen molar-refractivity contribution < 1.29 is 1.37 Å². The Morgan fingerprint density at radius 3 is 2.75 bits per heavy atom. The van der Waals surface area contributed by atoms with E-state index in [9.17, 15) is 0 Å². The molecule has 0 aromatic rings. The summed E-state index contributed by atoms with van der Waals surface area (Å²) >= 11 is 3.03. The van der Waals surface area contributed by atoms with Crippen molar-refractivity contribution in [2.45, 2.75) is 0 Å². The molecule has 0 N–H and O–H groups in total. The highest BCUT2D eigenvalue weighted by molar-refractivity contribution is 9.09. The molecule has 0 unspecified atom stereocenters. The molecule has 0 saturated heterocycles. The highest BCUT2D eigenvalue weighted by Gasteiger charge is 1.47. The third-order valence-corrected chi connectivity index (χ3v) is 0.491. The van der Waals surface area contributed by atoms with Crippen LogP contribution in [-0.4, -0.2) is 5.33 Å². The zero-order chi connectivity index (χ0) is 4.28. The van der Waals surface area contributed by atoms with Gasteiger partial charge in [0.25, 0.3) is 0 Å². The summed E-state index contributed by atoms with van der Waals surface area (Å²) in [7, 11) is 0. The average molecular weight is 122 g/mol. The van der Waals surface area contributed by atoms with E-state index in [0.29, 0.717) is 11.4 Å². The fraction of sp³-hybridized carbons (Fsp3) is 0.333. The Morgan fingerprint density at radius 2 is 2.75 bits per heavy atom. The topological polar surface area (TPSA) is 0 Å². The number of allylic oxidation sites excluding steroid dienone is 1. The molecule has 24 valence electrons. The first-order valence-electron chi connectivity index (χ1n) is 1.47. The van der Waals surface area contributed by atoms with E-state index in [4.69, 9.17) is 1.37 Å². The summed E-state index contributed by atoms with van der Waals surface area (Å²) in [4.78, 5) is 0. The van der Waals surface area contributed by atoms with Gasteiger partial charge in [-0.25, -0.2) is 0 Å². The van der Waals surface area contributed by atoms with Gasteiger partial charge in [-0.1, -0.05) is 22.0 Å². The van der Waals surface area contributed by atoms with E-state index >= 15 is 0 Å². The summed E-state index contributed by atoms with van der Waals surface area (Å²) in [5.74, 6) is 0. The predicted octanol–water partition coefficient (Wildman–Crippen LogP) is 1.57. The van der Waals surface area contributed by atoms with Crippen LogP contribution >= 0.6 is 15.9 Å². The molecule has 0 nitrogen and oxygen atoms in total. The summed E-state index contributed by atoms with van der Waals surface area (Å²) in [6.45, 7) is 3.29. The number of alkyl halides is 1. The molecular weight excluding hydrogens is 116 g/mol. The van der Waals surface area contributed by atoms with E-state index in [-0.39, 0.29) is 0 Å². The van der Waals surface area contributed by atoms with E-state index in [1.807, 2.05) is 0 Å². The van der Waals surface area contributed by atoms with Crippen molar-refractivity contribution in [2.24, 2.45) is 0 Å². The molecule has 0 aromatic carbocycles. The average Bonchev–Trinajstić information content (AvgIpc) is 1.38. The number of hydrogen-bond acceptors (Lipinski definition) is 0. The Morgan fingerprint density at radius 1 is 2.50 bits per heavy atom. The van der Waals surface area contributed by atoms with Crippen LogP contribution in [-0.2, 0) is 0 Å². The van der Waals surface area contributed by atoms with Gasteiger partial charge in [0.15, 0.2) is 0 Å². The fourth-order valence-electron chi connectivity index (χ4n) is 0. The molecule has 0 aliphatic carbocycles. The van der Waals surface area contributed by atoms with Crippen LogP contribution in [0.15, 0.2) is 12.6 Å². The van der Waals surface area contributed by atoms with Gasteiger partial charge in [-0.2, -0.15) is 0 Å². The fourth-order valence-corrected chi connectivity index (χ4v) is 0. The summed E-state index contributed by atoms with van der Waals surface area (Å²) in [5, 5.41) is 0.590. The van der Waals surface area contributed by atoms with Gasteiger partial charge >= 0.3 is 0 Å². The number of hydrogen-bond donors (Lipinski definition) is 0. The second-order valence-electron chi connectivity index (χ2n) is 0.384. The van der Waals surface area contributed by atoms with E-state index in [1.54, 1.807) is 0 Å². The Bertz CT molecular complexity index is 42.2. The second kappa shape index (κ2) is 3.22. The van der Waals surface area contributed by atoms with Gasteiger partial charge < -0.3 is 0 Å². The summed E-state index contributed by atoms with van der Waals surface area (Å²) < 4.78 is 6.59. The molecule has 0 bridgehead atoms. The van der Waals surface area contributed by atoms with Crippen LogP contribution in [0.25, 0.3) is 0 Å². The minimum absolute atomic E-state index is 0.421. The largest absolute Gasteiger partial charge is 0.102 e. The molecule has 4 heavy (non-hydrogen) atoms. The molecular formula is C3H5Br. The zero-order valence-corrected chi connectivity index (χ0v) is 3.88. The lowest BCUT2D eigenvalue weighted by atomic mass is 10.8. The van der Waals surface area contributed by atoms with Crippen molar-refractivity contribution in [1.82, 2.24) is 0 Å². The molecule has 0 saturated carbocycles. The third kappa shape index (κ3) is 2.22. The van der Waals surface area contributed by atoms with Crippen LogP contribution in [0.3, 0.4) is 0 Å². The van der Waals surface area contributed by atoms with E-state index in [1.165, 1.54) is 0 Å². The van der Waals surface area contributed by atoms with Crippen molar-refractivity contribution in [3.8, 4) is 0 Å². The maximum absolute atomic E-state index is 6.59. The van der Waals surface area contributed by atoms with Crippen molar-refractivity contribution in [3.63, 3.8) is 0 Å². The van der Waals surface area contributed by atoms with E-state index < -0.39 is 0 Å². The third-order valence-electron chi connectivity index (χ3n) is 0.0945. The van der Waals surface area contributed by atoms with Crippen molar-refractivity contribution in [3.05, 3.63) is 12.6 Å². The summed E-state index contributed by atoms with van der Waals surface area (Å²) in [6, 6.07) is 0.421. The van der Waals surface area contributed by atoms with Crippen molar-refractivity contribution in [2.75, 3.05) is 5.33 Å². The lowest BCUT2D eigenvalue weighted by Crippen LogP contribution is -1.43. The van der Waals surface area contributed by atoms with Crippen LogP contribution in [0.2, 0.25) is 0 Å². The van der Waals surface area contributed by atoms with Gasteiger partial charge in [0.1, 0.15) is 0 Å². The highest BCUT2D eigenvalue weighted by Crippen LogP contribution is 1.73. The Kier molecular flexibility index (Phi) is 1.98. The van der Waals surface area contributed by atoms with Gasteiger partial charge in [-0.05, 0) is 0 Å². The van der Waals surface area contributed by atoms with Gasteiger partial charge in [-0.3, -0.25) is 0 Å². The van der Waals surface area contributed by atoms with Gasteiger partial charge in [0, 0.05) is 5.33 Å². The first kappa shape index (κ1) is 2.46. The van der Waals surface area contributed by atoms with Crippen molar-refractivity contribution in [1.29, 1.82) is 0 Å². The van der Waals surface area contributed by atoms with E-state index in [0.717, 1.165) is 0 Å². The smallest absolute Gasteiger partial charge is 0.0578 e. The highest BCUT2D eigenvalue weighted by atomic mass is 79.9. The molecule has 0 heterocycles. The molecule has 0 aliphatic heterocycles. The quantitative estimate of drug-likeness (QED) is 0.365. The van der Waals surface area contributed by atoms with E-state index in [2.05, 4.69) is 22.5 Å². The van der Waals surface area contributed by atoms with Crippen LogP contribution in [0.1, 0.15) is 1.37 Å². The second-order valence-corrected chi connectivity index (χ2v) is 0.944. The van der Waals surface area contributed by atoms with Gasteiger partial charge in [0.05, 0.1) is 1.37 Å². The Hall–Kier alpha value is 0.220. The maximum atomic E-state index is 6.59. The lowest BCUT2D eigenvalue weighted by molar-refractivity contribution is 1.87. The van der Waals surface area contributed by atoms with Crippen LogP contribution in [0, 0.1) is 0 Å². The maximum Gasteiger partial charge on any atom is 0.0578 e. The van der Waals surface area contributed by atoms with Crippen LogP contribution in [0.5, 0.6) is 0 Å². The zero-order valence-electron chi connectivity index (χ0n) is 3.29. The van der Waals surface area contributed by atoms with Crippen LogP contribution in [0.4, 0.5) is 0 Å². The summed E-state index contributed by atoms with van der Waals surface area (Å²) in [5.41, 5.74) is 0. The van der Waals surface area contributed by atoms with Crippen LogP contribution < -0.4 is 0 Å². The normalized spacial score (nSPS) is 9.75. The molecule has 0 atom stereocenters. The first-order valence-corrected chi connectivity index (χ1v) is 2.10. The number of rotatable bonds is 1. The molecule has 0 spiro atoms. The SMILES string of the molecule is [2H]C(=C)CBr. The standard InChI is InChI=1S/C3H5Br/c1-2-3-4/h2H,1,3H2/i2D. The molecule has 0 radical (unpaired) electrons. The Balaban J connectivity index is 2.85. The Labute approximate surface area is 36.1 Å².